The molecule has 0 saturated heterocycles. The molecule has 0 amide bonds. The topological polar surface area (TPSA) is 25.8 Å². The van der Waals surface area contributed by atoms with Crippen molar-refractivity contribution in [3.8, 4) is 0 Å². The van der Waals surface area contributed by atoms with E-state index in [0.29, 0.717) is 11.1 Å². The van der Waals surface area contributed by atoms with Crippen LogP contribution in [0.3, 0.4) is 0 Å². The van der Waals surface area contributed by atoms with Crippen LogP contribution >= 0.6 is 46.0 Å². The first kappa shape index (κ1) is 16.0. The van der Waals surface area contributed by atoms with Crippen LogP contribution in [-0.4, -0.2) is 9.97 Å². The van der Waals surface area contributed by atoms with E-state index in [4.69, 9.17) is 11.6 Å². The predicted octanol–water partition coefficient (Wildman–Crippen LogP) is 5.46. The lowest BCUT2D eigenvalue weighted by Gasteiger charge is -2.10. The van der Waals surface area contributed by atoms with Crippen molar-refractivity contribution in [1.82, 2.24) is 9.97 Å². The Bertz CT molecular complexity index is 617. The summed E-state index contributed by atoms with van der Waals surface area (Å²) in [4.78, 5) is 10.3. The number of benzene rings is 1. The van der Waals surface area contributed by atoms with E-state index in [1.54, 1.807) is 11.8 Å². The van der Waals surface area contributed by atoms with Gasteiger partial charge in [-0.1, -0.05) is 43.1 Å². The minimum Gasteiger partial charge on any atom is -0.236 e. The SMILES string of the molecule is Cc1cccc(SCc2nc(Cl)c(I)c(C(C)C)n2)c1. The average molecular weight is 419 g/mol. The third kappa shape index (κ3) is 4.09. The van der Waals surface area contributed by atoms with E-state index in [9.17, 15) is 0 Å². The summed E-state index contributed by atoms with van der Waals surface area (Å²) in [6.45, 7) is 6.34. The minimum atomic E-state index is 0.352. The van der Waals surface area contributed by atoms with Crippen LogP contribution in [0.2, 0.25) is 5.15 Å². The summed E-state index contributed by atoms with van der Waals surface area (Å²) in [5, 5.41) is 0.559. The third-order valence-corrected chi connectivity index (χ3v) is 5.43. The van der Waals surface area contributed by atoms with Crippen LogP contribution in [-0.2, 0) is 5.75 Å². The molecule has 0 aliphatic rings. The largest absolute Gasteiger partial charge is 0.236 e. The summed E-state index contributed by atoms with van der Waals surface area (Å²) >= 11 is 10.2. The molecule has 0 N–H and O–H groups in total. The second kappa shape index (κ2) is 7.09. The molecule has 1 heterocycles. The van der Waals surface area contributed by atoms with E-state index < -0.39 is 0 Å². The van der Waals surface area contributed by atoms with Gasteiger partial charge in [-0.05, 0) is 47.6 Å². The van der Waals surface area contributed by atoms with Gasteiger partial charge in [0.05, 0.1) is 15.0 Å². The number of thioether (sulfide) groups is 1. The lowest BCUT2D eigenvalue weighted by molar-refractivity contribution is 0.790. The Kier molecular flexibility index (Phi) is 5.69. The smallest absolute Gasteiger partial charge is 0.146 e. The summed E-state index contributed by atoms with van der Waals surface area (Å²) in [5.41, 5.74) is 2.30. The zero-order chi connectivity index (χ0) is 14.7. The second-order valence-electron chi connectivity index (χ2n) is 4.89. The van der Waals surface area contributed by atoms with Crippen LogP contribution in [0.15, 0.2) is 29.2 Å². The quantitative estimate of drug-likeness (QED) is 0.375. The molecule has 0 radical (unpaired) electrons. The molecular formula is C15H16ClIN2S. The molecule has 0 saturated carbocycles. The highest BCUT2D eigenvalue weighted by molar-refractivity contribution is 14.1. The van der Waals surface area contributed by atoms with Crippen molar-refractivity contribution in [3.05, 3.63) is 50.1 Å². The molecule has 1 aromatic carbocycles. The molecule has 0 atom stereocenters. The first-order valence-corrected chi connectivity index (χ1v) is 8.83. The first-order chi connectivity index (χ1) is 9.47. The number of rotatable bonds is 4. The molecule has 2 rings (SSSR count). The van der Waals surface area contributed by atoms with Crippen molar-refractivity contribution >= 4 is 46.0 Å². The standard InChI is InChI=1S/C15H16ClIN2S/c1-9(2)14-13(17)15(16)19-12(18-14)8-20-11-6-4-5-10(3)7-11/h4-7,9H,8H2,1-3H3. The Balaban J connectivity index is 2.18. The molecule has 0 bridgehead atoms. The van der Waals surface area contributed by atoms with E-state index >= 15 is 0 Å². The third-order valence-electron chi connectivity index (χ3n) is 2.79. The molecule has 106 valence electrons. The Morgan fingerprint density at radius 2 is 2.05 bits per heavy atom. The Morgan fingerprint density at radius 3 is 2.70 bits per heavy atom. The fourth-order valence-corrected chi connectivity index (χ4v) is 3.71. The Morgan fingerprint density at radius 1 is 1.30 bits per heavy atom. The molecule has 0 aliphatic heterocycles. The van der Waals surface area contributed by atoms with Crippen LogP contribution in [0.25, 0.3) is 0 Å². The number of nitrogens with zero attached hydrogens (tertiary/aromatic N) is 2. The number of hydrogen-bond acceptors (Lipinski definition) is 3. The van der Waals surface area contributed by atoms with Gasteiger partial charge >= 0.3 is 0 Å². The fourth-order valence-electron chi connectivity index (χ4n) is 1.78. The van der Waals surface area contributed by atoms with Gasteiger partial charge in [-0.25, -0.2) is 9.97 Å². The van der Waals surface area contributed by atoms with Gasteiger partial charge in [0.2, 0.25) is 0 Å². The van der Waals surface area contributed by atoms with Crippen molar-refractivity contribution in [2.45, 2.75) is 37.3 Å². The number of hydrogen-bond donors (Lipinski definition) is 0. The molecule has 2 aromatic rings. The highest BCUT2D eigenvalue weighted by Crippen LogP contribution is 2.27. The fraction of sp³-hybridized carbons (Fsp3) is 0.333. The molecule has 0 spiro atoms. The van der Waals surface area contributed by atoms with E-state index in [1.807, 2.05) is 0 Å². The number of halogens is 2. The summed E-state index contributed by atoms with van der Waals surface area (Å²) in [6.07, 6.45) is 0. The molecule has 0 fully saturated rings. The maximum Gasteiger partial charge on any atom is 0.146 e. The zero-order valence-electron chi connectivity index (χ0n) is 11.7. The first-order valence-electron chi connectivity index (χ1n) is 6.38. The van der Waals surface area contributed by atoms with Crippen molar-refractivity contribution in [1.29, 1.82) is 0 Å². The van der Waals surface area contributed by atoms with Crippen molar-refractivity contribution in [2.24, 2.45) is 0 Å². The van der Waals surface area contributed by atoms with Gasteiger partial charge < -0.3 is 0 Å². The highest BCUT2D eigenvalue weighted by Gasteiger charge is 2.13. The van der Waals surface area contributed by atoms with Gasteiger partial charge in [0.15, 0.2) is 0 Å². The molecule has 0 unspecified atom stereocenters. The van der Waals surface area contributed by atoms with Crippen LogP contribution < -0.4 is 0 Å². The van der Waals surface area contributed by atoms with Crippen LogP contribution in [0.5, 0.6) is 0 Å². The number of aryl methyl sites for hydroxylation is 1. The maximum atomic E-state index is 6.20. The monoisotopic (exact) mass is 418 g/mol. The van der Waals surface area contributed by atoms with Gasteiger partial charge in [0, 0.05) is 4.90 Å². The lowest BCUT2D eigenvalue weighted by atomic mass is 10.1. The normalized spacial score (nSPS) is 11.1. The highest BCUT2D eigenvalue weighted by atomic mass is 127. The van der Waals surface area contributed by atoms with Gasteiger partial charge in [0.1, 0.15) is 11.0 Å². The van der Waals surface area contributed by atoms with Crippen LogP contribution in [0.1, 0.15) is 36.8 Å². The molecular weight excluding hydrogens is 403 g/mol. The average Bonchev–Trinajstić information content (AvgIpc) is 2.39. The zero-order valence-corrected chi connectivity index (χ0v) is 15.4. The van der Waals surface area contributed by atoms with Crippen LogP contribution in [0.4, 0.5) is 0 Å². The van der Waals surface area contributed by atoms with Gasteiger partial charge in [-0.15, -0.1) is 11.8 Å². The molecule has 20 heavy (non-hydrogen) atoms. The second-order valence-corrected chi connectivity index (χ2v) is 7.38. The predicted molar refractivity (Wildman–Crippen MR) is 94.6 cm³/mol. The van der Waals surface area contributed by atoms with Gasteiger partial charge in [-0.2, -0.15) is 0 Å². The summed E-state index contributed by atoms with van der Waals surface area (Å²) in [6, 6.07) is 8.44. The Labute approximate surface area is 142 Å². The van der Waals surface area contributed by atoms with E-state index in [-0.39, 0.29) is 0 Å². The van der Waals surface area contributed by atoms with Gasteiger partial charge in [0.25, 0.3) is 0 Å². The minimum absolute atomic E-state index is 0.352. The van der Waals surface area contributed by atoms with Gasteiger partial charge in [-0.3, -0.25) is 0 Å². The lowest BCUT2D eigenvalue weighted by Crippen LogP contribution is -2.04. The van der Waals surface area contributed by atoms with E-state index in [2.05, 4.69) is 77.6 Å². The molecule has 5 heteroatoms. The van der Waals surface area contributed by atoms with Crippen molar-refractivity contribution < 1.29 is 0 Å². The van der Waals surface area contributed by atoms with E-state index in [1.165, 1.54) is 10.5 Å². The Hall–Kier alpha value is -0.330. The van der Waals surface area contributed by atoms with Crippen molar-refractivity contribution in [2.75, 3.05) is 0 Å². The number of aromatic nitrogens is 2. The molecule has 0 aliphatic carbocycles. The molecule has 1 aromatic heterocycles. The van der Waals surface area contributed by atoms with E-state index in [0.717, 1.165) is 20.8 Å². The molecule has 2 nitrogen and oxygen atoms in total. The maximum absolute atomic E-state index is 6.20. The summed E-state index contributed by atoms with van der Waals surface area (Å²) in [7, 11) is 0. The van der Waals surface area contributed by atoms with Crippen LogP contribution in [0, 0.1) is 10.5 Å². The summed E-state index contributed by atoms with van der Waals surface area (Å²) in [5.74, 6) is 1.88. The van der Waals surface area contributed by atoms with Crippen molar-refractivity contribution in [3.63, 3.8) is 0 Å². The summed E-state index contributed by atoms with van der Waals surface area (Å²) < 4.78 is 0.962.